The van der Waals surface area contributed by atoms with Crippen molar-refractivity contribution in [3.8, 4) is 0 Å². The maximum Gasteiger partial charge on any atom is 0.269 e. The third-order valence-corrected chi connectivity index (χ3v) is 5.40. The van der Waals surface area contributed by atoms with Gasteiger partial charge in [-0.05, 0) is 49.0 Å². The van der Waals surface area contributed by atoms with Crippen molar-refractivity contribution >= 4 is 73.5 Å². The second-order valence-electron chi connectivity index (χ2n) is 5.16. The van der Waals surface area contributed by atoms with Crippen LogP contribution in [0.2, 0.25) is 10.0 Å². The Kier molecular flexibility index (Phi) is 5.06. The Labute approximate surface area is 158 Å². The molecule has 3 rings (SSSR count). The molecule has 0 spiro atoms. The van der Waals surface area contributed by atoms with Crippen molar-refractivity contribution in [1.82, 2.24) is 5.32 Å². The summed E-state index contributed by atoms with van der Waals surface area (Å²) in [6.45, 7) is 1.98. The van der Waals surface area contributed by atoms with Gasteiger partial charge in [0.1, 0.15) is 4.88 Å². The predicted molar refractivity (Wildman–Crippen MR) is 107 cm³/mol. The van der Waals surface area contributed by atoms with Crippen LogP contribution in [0, 0.1) is 6.92 Å². The lowest BCUT2D eigenvalue weighted by molar-refractivity contribution is 0.0982. The summed E-state index contributed by atoms with van der Waals surface area (Å²) in [5.41, 5.74) is 1.91. The average molecular weight is 395 g/mol. The van der Waals surface area contributed by atoms with Crippen molar-refractivity contribution in [2.45, 2.75) is 6.92 Å². The van der Waals surface area contributed by atoms with Crippen molar-refractivity contribution in [3.05, 3.63) is 63.0 Å². The van der Waals surface area contributed by atoms with Crippen LogP contribution in [-0.4, -0.2) is 11.0 Å². The first-order valence-corrected chi connectivity index (χ1v) is 8.98. The zero-order valence-corrected chi connectivity index (χ0v) is 15.7. The fraction of sp³-hybridized carbons (Fsp3) is 0.0588. The third-order valence-electron chi connectivity index (χ3n) is 3.30. The molecule has 1 amide bonds. The maximum atomic E-state index is 12.4. The summed E-state index contributed by atoms with van der Waals surface area (Å²) in [5, 5.41) is 7.67. The van der Waals surface area contributed by atoms with Gasteiger partial charge in [-0.2, -0.15) is 0 Å². The summed E-state index contributed by atoms with van der Waals surface area (Å²) >= 11 is 18.8. The molecule has 7 heteroatoms. The van der Waals surface area contributed by atoms with Gasteiger partial charge in [0.2, 0.25) is 0 Å². The summed E-state index contributed by atoms with van der Waals surface area (Å²) in [6.07, 6.45) is 0. The number of rotatable bonds is 2. The highest BCUT2D eigenvalue weighted by Gasteiger charge is 2.18. The standard InChI is InChI=1S/C17H12Cl2N2OS2/c1-9-3-2-4-11(7-9)20-17(23)21-16(22)15-14(19)12-6-5-10(18)8-13(12)24-15/h2-8H,1H3,(H2,20,21,22,23). The van der Waals surface area contributed by atoms with E-state index < -0.39 is 0 Å². The minimum Gasteiger partial charge on any atom is -0.332 e. The number of thiocarbonyl (C=S) groups is 1. The maximum absolute atomic E-state index is 12.4. The Bertz CT molecular complexity index is 953. The van der Waals surface area contributed by atoms with Gasteiger partial charge in [0.15, 0.2) is 5.11 Å². The van der Waals surface area contributed by atoms with E-state index >= 15 is 0 Å². The Hall–Kier alpha value is -1.66. The minimum atomic E-state index is -0.345. The monoisotopic (exact) mass is 394 g/mol. The molecular weight excluding hydrogens is 383 g/mol. The number of nitrogens with one attached hydrogen (secondary N) is 2. The van der Waals surface area contributed by atoms with Gasteiger partial charge in [-0.25, -0.2) is 0 Å². The number of hydrogen-bond acceptors (Lipinski definition) is 3. The minimum absolute atomic E-state index is 0.220. The molecule has 3 aromatic rings. The zero-order chi connectivity index (χ0) is 17.3. The zero-order valence-electron chi connectivity index (χ0n) is 12.5. The SMILES string of the molecule is Cc1cccc(NC(=S)NC(=O)c2sc3cc(Cl)ccc3c2Cl)c1. The molecule has 1 heterocycles. The molecule has 0 fully saturated rings. The second kappa shape index (κ2) is 7.07. The van der Waals surface area contributed by atoms with Crippen molar-refractivity contribution in [3.63, 3.8) is 0 Å². The number of fused-ring (bicyclic) bond motifs is 1. The number of carbonyl (C=O) groups is 1. The van der Waals surface area contributed by atoms with E-state index in [4.69, 9.17) is 35.4 Å². The van der Waals surface area contributed by atoms with E-state index in [1.165, 1.54) is 11.3 Å². The molecular formula is C17H12Cl2N2OS2. The van der Waals surface area contributed by atoms with Gasteiger partial charge in [-0.3, -0.25) is 10.1 Å². The highest BCUT2D eigenvalue weighted by atomic mass is 35.5. The molecule has 0 bridgehead atoms. The highest BCUT2D eigenvalue weighted by molar-refractivity contribution is 7.80. The van der Waals surface area contributed by atoms with Crippen molar-refractivity contribution in [2.24, 2.45) is 0 Å². The van der Waals surface area contributed by atoms with Crippen LogP contribution in [0.25, 0.3) is 10.1 Å². The average Bonchev–Trinajstić information content (AvgIpc) is 2.83. The molecule has 0 aliphatic rings. The molecule has 0 unspecified atom stereocenters. The van der Waals surface area contributed by atoms with Crippen LogP contribution in [0.15, 0.2) is 42.5 Å². The molecule has 2 N–H and O–H groups in total. The van der Waals surface area contributed by atoms with Gasteiger partial charge < -0.3 is 5.32 Å². The smallest absolute Gasteiger partial charge is 0.269 e. The predicted octanol–water partition coefficient (Wildman–Crippen LogP) is 5.64. The van der Waals surface area contributed by atoms with Crippen LogP contribution in [0.1, 0.15) is 15.2 Å². The number of carbonyl (C=O) groups excluding carboxylic acids is 1. The second-order valence-corrected chi connectivity index (χ2v) is 7.44. The van der Waals surface area contributed by atoms with E-state index in [0.717, 1.165) is 21.3 Å². The van der Waals surface area contributed by atoms with Crippen LogP contribution in [0.5, 0.6) is 0 Å². The van der Waals surface area contributed by atoms with E-state index in [2.05, 4.69) is 10.6 Å². The van der Waals surface area contributed by atoms with Gasteiger partial charge in [0, 0.05) is 20.8 Å². The molecule has 0 saturated heterocycles. The first-order chi connectivity index (χ1) is 11.4. The van der Waals surface area contributed by atoms with E-state index in [1.54, 1.807) is 18.2 Å². The number of halogens is 2. The normalized spacial score (nSPS) is 10.6. The van der Waals surface area contributed by atoms with Gasteiger partial charge in [-0.15, -0.1) is 11.3 Å². The van der Waals surface area contributed by atoms with Gasteiger partial charge >= 0.3 is 0 Å². The molecule has 24 heavy (non-hydrogen) atoms. The van der Waals surface area contributed by atoms with Crippen LogP contribution >= 0.6 is 46.8 Å². The number of amides is 1. The molecule has 1 aromatic heterocycles. The van der Waals surface area contributed by atoms with Gasteiger partial charge in [0.25, 0.3) is 5.91 Å². The Morgan fingerprint density at radius 2 is 1.96 bits per heavy atom. The van der Waals surface area contributed by atoms with Crippen molar-refractivity contribution < 1.29 is 4.79 Å². The largest absolute Gasteiger partial charge is 0.332 e. The lowest BCUT2D eigenvalue weighted by Gasteiger charge is -2.09. The van der Waals surface area contributed by atoms with Crippen LogP contribution in [0.3, 0.4) is 0 Å². The molecule has 0 radical (unpaired) electrons. The van der Waals surface area contributed by atoms with E-state index in [0.29, 0.717) is 14.9 Å². The Morgan fingerprint density at radius 1 is 1.17 bits per heavy atom. The topological polar surface area (TPSA) is 41.1 Å². The fourth-order valence-electron chi connectivity index (χ4n) is 2.23. The number of benzene rings is 2. The van der Waals surface area contributed by atoms with Gasteiger partial charge in [-0.1, -0.05) is 41.4 Å². The number of hydrogen-bond donors (Lipinski definition) is 2. The molecule has 0 saturated carbocycles. The lowest BCUT2D eigenvalue weighted by Crippen LogP contribution is -2.33. The van der Waals surface area contributed by atoms with Gasteiger partial charge in [0.05, 0.1) is 5.02 Å². The lowest BCUT2D eigenvalue weighted by atomic mass is 10.2. The molecule has 0 atom stereocenters. The van der Waals surface area contributed by atoms with Crippen molar-refractivity contribution in [1.29, 1.82) is 0 Å². The van der Waals surface area contributed by atoms with E-state index in [9.17, 15) is 4.79 Å². The summed E-state index contributed by atoms with van der Waals surface area (Å²) < 4.78 is 0.857. The van der Waals surface area contributed by atoms with E-state index in [-0.39, 0.29) is 11.0 Å². The first kappa shape index (κ1) is 17.2. The van der Waals surface area contributed by atoms with Crippen LogP contribution in [0.4, 0.5) is 5.69 Å². The van der Waals surface area contributed by atoms with E-state index in [1.807, 2.05) is 31.2 Å². The summed E-state index contributed by atoms with van der Waals surface area (Å²) in [6, 6.07) is 13.0. The summed E-state index contributed by atoms with van der Waals surface area (Å²) in [4.78, 5) is 12.8. The molecule has 0 aliphatic carbocycles. The highest BCUT2D eigenvalue weighted by Crippen LogP contribution is 2.36. The molecule has 0 aliphatic heterocycles. The van der Waals surface area contributed by atoms with Crippen molar-refractivity contribution in [2.75, 3.05) is 5.32 Å². The summed E-state index contributed by atoms with van der Waals surface area (Å²) in [5.74, 6) is -0.345. The number of thiophene rings is 1. The number of aryl methyl sites for hydroxylation is 1. The van der Waals surface area contributed by atoms with Crippen LogP contribution < -0.4 is 10.6 Å². The molecule has 2 aromatic carbocycles. The molecule has 3 nitrogen and oxygen atoms in total. The third kappa shape index (κ3) is 3.70. The molecule has 122 valence electrons. The first-order valence-electron chi connectivity index (χ1n) is 7.00. The fourth-order valence-corrected chi connectivity index (χ4v) is 4.13. The number of anilines is 1. The van der Waals surface area contributed by atoms with Crippen LogP contribution in [-0.2, 0) is 0 Å². The quantitative estimate of drug-likeness (QED) is 0.552. The summed E-state index contributed by atoms with van der Waals surface area (Å²) in [7, 11) is 0. The Balaban J connectivity index is 1.77. The Morgan fingerprint density at radius 3 is 2.71 bits per heavy atom.